The Kier molecular flexibility index (Phi) is 6.00. The number of benzene rings is 3. The van der Waals surface area contributed by atoms with Crippen molar-refractivity contribution in [2.75, 3.05) is 17.2 Å². The molecule has 1 aromatic heterocycles. The van der Waals surface area contributed by atoms with Crippen LogP contribution >= 0.6 is 0 Å². The molecule has 7 nitrogen and oxygen atoms in total. The van der Waals surface area contributed by atoms with Gasteiger partial charge in [0.15, 0.2) is 0 Å². The lowest BCUT2D eigenvalue weighted by Gasteiger charge is -2.28. The molecule has 5 rings (SSSR count). The Labute approximate surface area is 211 Å². The number of hydrogen-bond donors (Lipinski definition) is 2. The molecule has 0 spiro atoms. The average Bonchev–Trinajstić information content (AvgIpc) is 3.28. The number of carbonyl (C=O) groups excluding carboxylic acids is 2. The van der Waals surface area contributed by atoms with E-state index in [1.165, 1.54) is 5.56 Å². The van der Waals surface area contributed by atoms with Crippen LogP contribution in [0.15, 0.2) is 66.7 Å². The SMILES string of the molecule is CC(=O)N1CCc2ccc(-n3nc(C(C)(C)C)cc3NC(=O)Nc3cccc4ccccc34)cc2C1. The molecule has 4 aromatic rings. The van der Waals surface area contributed by atoms with Crippen LogP contribution in [-0.4, -0.2) is 33.2 Å². The number of amides is 3. The number of hydrogen-bond acceptors (Lipinski definition) is 3. The Balaban J connectivity index is 1.47. The van der Waals surface area contributed by atoms with Crippen molar-refractivity contribution in [3.8, 4) is 5.69 Å². The van der Waals surface area contributed by atoms with Crippen LogP contribution in [-0.2, 0) is 23.2 Å². The van der Waals surface area contributed by atoms with Crippen molar-refractivity contribution in [3.63, 3.8) is 0 Å². The number of aromatic nitrogens is 2. The van der Waals surface area contributed by atoms with Crippen LogP contribution in [0, 0.1) is 0 Å². The standard InChI is InChI=1S/C29H31N5O2/c1-19(35)33-15-14-20-12-13-23(16-22(20)18-33)34-27(17-26(32-34)29(2,3)4)31-28(36)30-25-11-7-9-21-8-5-6-10-24(21)25/h5-13,16-17H,14-15,18H2,1-4H3,(H2,30,31,36). The van der Waals surface area contributed by atoms with E-state index in [0.29, 0.717) is 12.4 Å². The fraction of sp³-hybridized carbons (Fsp3) is 0.276. The van der Waals surface area contributed by atoms with E-state index in [-0.39, 0.29) is 17.4 Å². The molecule has 7 heteroatoms. The third-order valence-corrected chi connectivity index (χ3v) is 6.65. The van der Waals surface area contributed by atoms with Gasteiger partial charge in [-0.25, -0.2) is 9.48 Å². The molecule has 184 valence electrons. The zero-order chi connectivity index (χ0) is 25.4. The molecular weight excluding hydrogens is 450 g/mol. The molecule has 2 heterocycles. The summed E-state index contributed by atoms with van der Waals surface area (Å²) >= 11 is 0. The number of rotatable bonds is 3. The summed E-state index contributed by atoms with van der Waals surface area (Å²) in [4.78, 5) is 26.9. The van der Waals surface area contributed by atoms with E-state index in [4.69, 9.17) is 5.10 Å². The quantitative estimate of drug-likeness (QED) is 0.384. The minimum atomic E-state index is -0.339. The van der Waals surface area contributed by atoms with Crippen LogP contribution in [0.3, 0.4) is 0 Å². The topological polar surface area (TPSA) is 79.3 Å². The van der Waals surface area contributed by atoms with E-state index in [0.717, 1.165) is 46.4 Å². The lowest BCUT2D eigenvalue weighted by molar-refractivity contribution is -0.129. The summed E-state index contributed by atoms with van der Waals surface area (Å²) in [6.45, 7) is 9.20. The number of carbonyl (C=O) groups is 2. The van der Waals surface area contributed by atoms with Crippen LogP contribution < -0.4 is 10.6 Å². The first-order valence-electron chi connectivity index (χ1n) is 12.2. The Morgan fingerprint density at radius 3 is 2.47 bits per heavy atom. The number of anilines is 2. The lowest BCUT2D eigenvalue weighted by Crippen LogP contribution is -2.34. The molecule has 0 aliphatic carbocycles. The molecule has 1 aliphatic rings. The first-order chi connectivity index (χ1) is 17.2. The summed E-state index contributed by atoms with van der Waals surface area (Å²) in [5.41, 5.74) is 4.59. The van der Waals surface area contributed by atoms with Crippen molar-refractivity contribution in [3.05, 3.63) is 83.6 Å². The molecule has 0 saturated heterocycles. The molecule has 0 atom stereocenters. The summed E-state index contributed by atoms with van der Waals surface area (Å²) in [7, 11) is 0. The van der Waals surface area contributed by atoms with E-state index >= 15 is 0 Å². The number of nitrogens with one attached hydrogen (secondary N) is 2. The minimum Gasteiger partial charge on any atom is -0.338 e. The second-order valence-electron chi connectivity index (χ2n) is 10.3. The maximum Gasteiger partial charge on any atom is 0.324 e. The summed E-state index contributed by atoms with van der Waals surface area (Å²) in [6.07, 6.45) is 0.833. The molecule has 1 aliphatic heterocycles. The monoisotopic (exact) mass is 481 g/mol. The van der Waals surface area contributed by atoms with Gasteiger partial charge < -0.3 is 10.2 Å². The largest absolute Gasteiger partial charge is 0.338 e. The van der Waals surface area contributed by atoms with Gasteiger partial charge in [-0.15, -0.1) is 0 Å². The molecular formula is C29H31N5O2. The molecule has 0 unspecified atom stereocenters. The van der Waals surface area contributed by atoms with Gasteiger partial charge in [0.2, 0.25) is 5.91 Å². The highest BCUT2D eigenvalue weighted by Gasteiger charge is 2.23. The molecule has 36 heavy (non-hydrogen) atoms. The second kappa shape index (κ2) is 9.15. The third-order valence-electron chi connectivity index (χ3n) is 6.65. The van der Waals surface area contributed by atoms with Gasteiger partial charge in [0.25, 0.3) is 0 Å². The van der Waals surface area contributed by atoms with Crippen molar-refractivity contribution < 1.29 is 9.59 Å². The van der Waals surface area contributed by atoms with Gasteiger partial charge in [-0.3, -0.25) is 10.1 Å². The Hall–Kier alpha value is -4.13. The van der Waals surface area contributed by atoms with Crippen LogP contribution in [0.5, 0.6) is 0 Å². The minimum absolute atomic E-state index is 0.0765. The second-order valence-corrected chi connectivity index (χ2v) is 10.3. The zero-order valence-electron chi connectivity index (χ0n) is 21.1. The summed E-state index contributed by atoms with van der Waals surface area (Å²) in [6, 6.07) is 21.6. The smallest absolute Gasteiger partial charge is 0.324 e. The highest BCUT2D eigenvalue weighted by molar-refractivity contribution is 6.06. The van der Waals surface area contributed by atoms with Crippen molar-refractivity contribution in [1.29, 1.82) is 0 Å². The number of nitrogens with zero attached hydrogens (tertiary/aromatic N) is 3. The maximum atomic E-state index is 13.1. The van der Waals surface area contributed by atoms with Crippen LogP contribution in [0.25, 0.3) is 16.5 Å². The zero-order valence-corrected chi connectivity index (χ0v) is 21.1. The van der Waals surface area contributed by atoms with Gasteiger partial charge in [-0.1, -0.05) is 63.2 Å². The Morgan fingerprint density at radius 1 is 0.917 bits per heavy atom. The number of urea groups is 1. The predicted molar refractivity (Wildman–Crippen MR) is 144 cm³/mol. The first kappa shape index (κ1) is 23.6. The van der Waals surface area contributed by atoms with E-state index in [1.807, 2.05) is 59.5 Å². The lowest BCUT2D eigenvalue weighted by atomic mass is 9.92. The summed E-state index contributed by atoms with van der Waals surface area (Å²) in [5, 5.41) is 12.9. The van der Waals surface area contributed by atoms with Gasteiger partial charge in [-0.05, 0) is 41.1 Å². The van der Waals surface area contributed by atoms with E-state index in [1.54, 1.807) is 11.6 Å². The Morgan fingerprint density at radius 2 is 1.69 bits per heavy atom. The van der Waals surface area contributed by atoms with E-state index in [2.05, 4.69) is 43.5 Å². The van der Waals surface area contributed by atoms with Crippen LogP contribution in [0.4, 0.5) is 16.3 Å². The maximum absolute atomic E-state index is 13.1. The molecule has 2 N–H and O–H groups in total. The van der Waals surface area contributed by atoms with Crippen LogP contribution in [0.1, 0.15) is 44.5 Å². The third kappa shape index (κ3) is 4.69. The predicted octanol–water partition coefficient (Wildman–Crippen LogP) is 5.87. The molecule has 0 radical (unpaired) electrons. The summed E-state index contributed by atoms with van der Waals surface area (Å²) in [5.74, 6) is 0.657. The van der Waals surface area contributed by atoms with Crippen molar-refractivity contribution >= 4 is 34.2 Å². The molecule has 0 saturated carbocycles. The molecule has 3 amide bonds. The van der Waals surface area contributed by atoms with E-state index in [9.17, 15) is 9.59 Å². The highest BCUT2D eigenvalue weighted by atomic mass is 16.2. The summed E-state index contributed by atoms with van der Waals surface area (Å²) < 4.78 is 1.77. The first-order valence-corrected chi connectivity index (χ1v) is 12.2. The van der Waals surface area contributed by atoms with Crippen molar-refractivity contribution in [2.24, 2.45) is 0 Å². The van der Waals surface area contributed by atoms with Gasteiger partial charge in [0.1, 0.15) is 5.82 Å². The van der Waals surface area contributed by atoms with Crippen molar-refractivity contribution in [2.45, 2.75) is 46.1 Å². The fourth-order valence-corrected chi connectivity index (χ4v) is 4.58. The van der Waals surface area contributed by atoms with Gasteiger partial charge >= 0.3 is 6.03 Å². The van der Waals surface area contributed by atoms with Gasteiger partial charge in [-0.2, -0.15) is 5.10 Å². The number of fused-ring (bicyclic) bond motifs is 2. The normalized spacial score (nSPS) is 13.4. The van der Waals surface area contributed by atoms with Gasteiger partial charge in [0, 0.05) is 36.9 Å². The fourth-order valence-electron chi connectivity index (χ4n) is 4.58. The van der Waals surface area contributed by atoms with E-state index < -0.39 is 0 Å². The molecule has 0 fully saturated rings. The molecule has 3 aromatic carbocycles. The average molecular weight is 482 g/mol. The highest BCUT2D eigenvalue weighted by Crippen LogP contribution is 2.29. The van der Waals surface area contributed by atoms with Gasteiger partial charge in [0.05, 0.1) is 17.1 Å². The van der Waals surface area contributed by atoms with Crippen LogP contribution in [0.2, 0.25) is 0 Å². The molecule has 0 bridgehead atoms. The Bertz CT molecular complexity index is 1460. The van der Waals surface area contributed by atoms with Crippen molar-refractivity contribution in [1.82, 2.24) is 14.7 Å².